The van der Waals surface area contributed by atoms with Crippen molar-refractivity contribution in [1.82, 2.24) is 9.80 Å². The molecule has 11 heavy (non-hydrogen) atoms. The van der Waals surface area contributed by atoms with E-state index in [9.17, 15) is 4.79 Å². The number of likely N-dealkylation sites (N-methyl/N-ethyl adjacent to an activating group) is 1. The molecule has 0 radical (unpaired) electrons. The molecule has 0 spiro atoms. The Balaban J connectivity index is 2.22. The van der Waals surface area contributed by atoms with Crippen molar-refractivity contribution >= 4 is 5.78 Å². The van der Waals surface area contributed by atoms with Crippen LogP contribution < -0.4 is 0 Å². The normalized spacial score (nSPS) is 22.0. The predicted octanol–water partition coefficient (Wildman–Crippen LogP) is -0.177. The number of ketones is 1. The number of rotatable bonds is 2. The second-order valence-corrected chi connectivity index (χ2v) is 3.28. The third-order valence-electron chi connectivity index (χ3n) is 2.04. The molecule has 1 aliphatic rings. The number of carbonyl (C=O) groups excluding carboxylic acids is 1. The summed E-state index contributed by atoms with van der Waals surface area (Å²) in [7, 11) is 2.12. The average Bonchev–Trinajstić information content (AvgIpc) is 1.93. The summed E-state index contributed by atoms with van der Waals surface area (Å²) in [6, 6.07) is 0. The molecule has 3 heteroatoms. The summed E-state index contributed by atoms with van der Waals surface area (Å²) in [6.07, 6.45) is 0. The average molecular weight is 159 g/mol. The molecule has 0 N–H and O–H groups in total. The Labute approximate surface area is 68.0 Å². The van der Waals surface area contributed by atoms with Crippen LogP contribution in [0.5, 0.6) is 0 Å². The van der Waals surface area contributed by atoms with E-state index >= 15 is 0 Å². The van der Waals surface area contributed by atoms with Crippen LogP contribution in [0, 0.1) is 0 Å². The van der Waals surface area contributed by atoms with E-state index < -0.39 is 0 Å². The highest BCUT2D eigenvalue weighted by Crippen LogP contribution is 1.97. The van der Waals surface area contributed by atoms with Crippen LogP contribution in [0.1, 0.15) is 6.92 Å². The van der Waals surface area contributed by atoms with Gasteiger partial charge in [0.25, 0.3) is 0 Å². The number of Topliss-reactive ketones (excluding diaryl/α,β-unsaturated/α-hetero) is 1. The molecule has 0 saturated carbocycles. The number of piperazine rings is 1. The van der Waals surface area contributed by atoms with Crippen molar-refractivity contribution in [3.8, 4) is 0 Å². The molecule has 0 aromatic rings. The molecule has 64 valence electrons. The zero-order chi connectivity index (χ0) is 8.27. The molecule has 0 amide bonds. The SMILES string of the molecule is C[13C](=[18O])CN1CCN(C)CC1. The Kier molecular flexibility index (Phi) is 3.02. The summed E-state index contributed by atoms with van der Waals surface area (Å²) in [4.78, 5) is 15.2. The topological polar surface area (TPSA) is 23.6 Å². The fraction of sp³-hybridized carbons (Fsp3) is 0.875. The number of hydrogen-bond donors (Lipinski definition) is 0. The standard InChI is InChI=1S/C8H16N2O/c1-8(11)7-10-5-3-9(2)4-6-10/h3-7H2,1-2H3/i8+1,11+2. The van der Waals surface area contributed by atoms with Crippen LogP contribution in [0.25, 0.3) is 0 Å². The van der Waals surface area contributed by atoms with Gasteiger partial charge in [-0.1, -0.05) is 0 Å². The Morgan fingerprint density at radius 2 is 1.82 bits per heavy atom. The van der Waals surface area contributed by atoms with Crippen molar-refractivity contribution in [2.45, 2.75) is 6.92 Å². The zero-order valence-corrected chi connectivity index (χ0v) is 7.34. The number of nitrogens with zero attached hydrogens (tertiary/aromatic N) is 2. The van der Waals surface area contributed by atoms with Gasteiger partial charge in [0.1, 0.15) is 5.78 Å². The van der Waals surface area contributed by atoms with Crippen LogP contribution >= 0.6 is 0 Å². The minimum atomic E-state index is 0.273. The maximum Gasteiger partial charge on any atom is 0.143 e. The number of hydrogen-bond acceptors (Lipinski definition) is 3. The minimum absolute atomic E-state index is 0.273. The summed E-state index contributed by atoms with van der Waals surface area (Å²) in [5.41, 5.74) is 0. The second-order valence-electron chi connectivity index (χ2n) is 3.28. The van der Waals surface area contributed by atoms with E-state index in [1.165, 1.54) is 0 Å². The molecule has 0 bridgehead atoms. The van der Waals surface area contributed by atoms with Crippen molar-refractivity contribution in [3.63, 3.8) is 0 Å². The molecule has 1 rings (SSSR count). The van der Waals surface area contributed by atoms with Crippen molar-refractivity contribution in [1.29, 1.82) is 0 Å². The van der Waals surface area contributed by atoms with Crippen LogP contribution in [0.2, 0.25) is 0 Å². The lowest BCUT2D eigenvalue weighted by atomic mass is 10.3. The van der Waals surface area contributed by atoms with Crippen molar-refractivity contribution in [2.24, 2.45) is 0 Å². The molecule has 0 unspecified atom stereocenters. The van der Waals surface area contributed by atoms with E-state index in [-0.39, 0.29) is 5.78 Å². The van der Waals surface area contributed by atoms with Crippen LogP contribution in [0.3, 0.4) is 0 Å². The summed E-state index contributed by atoms with van der Waals surface area (Å²) in [5, 5.41) is 0. The van der Waals surface area contributed by atoms with Gasteiger partial charge in [0.05, 0.1) is 6.54 Å². The molecule has 0 aromatic carbocycles. The van der Waals surface area contributed by atoms with E-state index in [1.807, 2.05) is 0 Å². The maximum atomic E-state index is 10.7. The lowest BCUT2D eigenvalue weighted by molar-refractivity contribution is -0.118. The summed E-state index contributed by atoms with van der Waals surface area (Å²) < 4.78 is 0. The highest BCUT2D eigenvalue weighted by atomic mass is 18.1. The maximum absolute atomic E-state index is 10.7. The third-order valence-corrected chi connectivity index (χ3v) is 2.04. The lowest BCUT2D eigenvalue weighted by Gasteiger charge is -2.31. The first kappa shape index (κ1) is 8.68. The zero-order valence-electron chi connectivity index (χ0n) is 7.34. The molecule has 0 aliphatic carbocycles. The van der Waals surface area contributed by atoms with Crippen LogP contribution in [0.4, 0.5) is 0 Å². The fourth-order valence-corrected chi connectivity index (χ4v) is 1.32. The lowest BCUT2D eigenvalue weighted by Crippen LogP contribution is -2.45. The first-order valence-corrected chi connectivity index (χ1v) is 4.09. The second kappa shape index (κ2) is 3.83. The fourth-order valence-electron chi connectivity index (χ4n) is 1.32. The van der Waals surface area contributed by atoms with Crippen molar-refractivity contribution in [2.75, 3.05) is 39.8 Å². The summed E-state index contributed by atoms with van der Waals surface area (Å²) in [6.45, 7) is 6.54. The molecule has 1 heterocycles. The quantitative estimate of drug-likeness (QED) is 0.412. The third kappa shape index (κ3) is 2.99. The van der Waals surface area contributed by atoms with Crippen molar-refractivity contribution in [3.05, 3.63) is 0 Å². The Bertz CT molecular complexity index is 139. The summed E-state index contributed by atoms with van der Waals surface area (Å²) >= 11 is 0. The van der Waals surface area contributed by atoms with Gasteiger partial charge >= 0.3 is 0 Å². The molecule has 3 nitrogen and oxygen atoms in total. The number of carbonyl (C=O) groups is 1. The smallest absolute Gasteiger partial charge is 0.143 e. The molecular formula is C8H16N2O. The van der Waals surface area contributed by atoms with Crippen LogP contribution in [0.15, 0.2) is 0 Å². The van der Waals surface area contributed by atoms with Gasteiger partial charge < -0.3 is 4.90 Å². The van der Waals surface area contributed by atoms with Gasteiger partial charge in [0.2, 0.25) is 0 Å². The van der Waals surface area contributed by atoms with Gasteiger partial charge in [-0.15, -0.1) is 0 Å². The molecule has 1 saturated heterocycles. The van der Waals surface area contributed by atoms with Crippen molar-refractivity contribution < 1.29 is 4.79 Å². The molecule has 0 aromatic heterocycles. The first-order chi connectivity index (χ1) is 5.18. The summed E-state index contributed by atoms with van der Waals surface area (Å²) in [5.74, 6) is 0.273. The van der Waals surface area contributed by atoms with Gasteiger partial charge in [-0.3, -0.25) is 9.69 Å². The van der Waals surface area contributed by atoms with E-state index in [4.69, 9.17) is 0 Å². The van der Waals surface area contributed by atoms with E-state index in [0.717, 1.165) is 26.2 Å². The monoisotopic (exact) mass is 159 g/mol. The highest BCUT2D eigenvalue weighted by molar-refractivity contribution is 5.77. The Morgan fingerprint density at radius 3 is 2.27 bits per heavy atom. The predicted molar refractivity (Wildman–Crippen MR) is 44.6 cm³/mol. The van der Waals surface area contributed by atoms with Crippen LogP contribution in [-0.4, -0.2) is 55.4 Å². The van der Waals surface area contributed by atoms with E-state index in [2.05, 4.69) is 16.8 Å². The van der Waals surface area contributed by atoms with Gasteiger partial charge in [-0.2, -0.15) is 0 Å². The largest absolute Gasteiger partial charge is 0.304 e. The van der Waals surface area contributed by atoms with Gasteiger partial charge in [-0.05, 0) is 14.0 Å². The molecule has 1 aliphatic heterocycles. The Morgan fingerprint density at radius 1 is 1.27 bits per heavy atom. The van der Waals surface area contributed by atoms with Gasteiger partial charge in [0, 0.05) is 26.2 Å². The van der Waals surface area contributed by atoms with Gasteiger partial charge in [-0.25, -0.2) is 0 Å². The minimum Gasteiger partial charge on any atom is -0.304 e. The first-order valence-electron chi connectivity index (χ1n) is 4.09. The van der Waals surface area contributed by atoms with Crippen LogP contribution in [-0.2, 0) is 4.79 Å². The van der Waals surface area contributed by atoms with E-state index in [1.54, 1.807) is 6.92 Å². The Hall–Kier alpha value is -0.410. The van der Waals surface area contributed by atoms with E-state index in [0.29, 0.717) is 6.54 Å². The highest BCUT2D eigenvalue weighted by Gasteiger charge is 2.13. The van der Waals surface area contributed by atoms with Gasteiger partial charge in [0.15, 0.2) is 0 Å². The molecular weight excluding hydrogens is 143 g/mol. The molecule has 1 fully saturated rings. The molecule has 0 atom stereocenters.